The fourth-order valence-electron chi connectivity index (χ4n) is 4.14. The number of hydrogen-bond donors (Lipinski definition) is 0. The standard InChI is InChI=1S/C21H29/c1-4-7-8-9-16-10-11-17-12-18-14-21(5-2,6-3)15-19(18)13-20(16)17/h10-13H,4-9,14-15H2,1-3H3. The minimum atomic E-state index is 0.545. The van der Waals surface area contributed by atoms with Crippen molar-refractivity contribution in [2.24, 2.45) is 5.41 Å². The first-order chi connectivity index (χ1) is 10.2. The third-order valence-corrected chi connectivity index (χ3v) is 5.86. The summed E-state index contributed by atoms with van der Waals surface area (Å²) in [6.45, 7) is 7.02. The van der Waals surface area contributed by atoms with E-state index in [0.29, 0.717) is 5.41 Å². The zero-order valence-corrected chi connectivity index (χ0v) is 14.0. The number of benzene rings is 1. The number of allylic oxidation sites excluding steroid dienone is 1. The van der Waals surface area contributed by atoms with Gasteiger partial charge in [-0.1, -0.05) is 64.3 Å². The van der Waals surface area contributed by atoms with Gasteiger partial charge in [-0.3, -0.25) is 0 Å². The van der Waals surface area contributed by atoms with E-state index in [4.69, 9.17) is 0 Å². The van der Waals surface area contributed by atoms with Crippen LogP contribution < -0.4 is 0 Å². The second kappa shape index (κ2) is 5.99. The summed E-state index contributed by atoms with van der Waals surface area (Å²) in [6, 6.07) is 5.01. The van der Waals surface area contributed by atoms with Crippen LogP contribution in [0.25, 0.3) is 6.08 Å². The number of unbranched alkanes of at least 4 members (excludes halogenated alkanes) is 2. The van der Waals surface area contributed by atoms with Crippen molar-refractivity contribution in [3.63, 3.8) is 0 Å². The molecular formula is C21H29. The van der Waals surface area contributed by atoms with Gasteiger partial charge in [0.05, 0.1) is 0 Å². The highest BCUT2D eigenvalue weighted by Crippen LogP contribution is 2.45. The summed E-state index contributed by atoms with van der Waals surface area (Å²) >= 11 is 0. The van der Waals surface area contributed by atoms with Gasteiger partial charge in [0.1, 0.15) is 0 Å². The molecule has 3 rings (SSSR count). The second-order valence-corrected chi connectivity index (χ2v) is 7.08. The maximum atomic E-state index is 2.53. The predicted molar refractivity (Wildman–Crippen MR) is 92.4 cm³/mol. The maximum Gasteiger partial charge on any atom is 0.0273 e. The van der Waals surface area contributed by atoms with Gasteiger partial charge in [-0.2, -0.15) is 0 Å². The van der Waals surface area contributed by atoms with Crippen molar-refractivity contribution in [1.29, 1.82) is 0 Å². The first-order valence-corrected chi connectivity index (χ1v) is 8.91. The minimum absolute atomic E-state index is 0.545. The average Bonchev–Trinajstić information content (AvgIpc) is 3.06. The molecule has 0 saturated carbocycles. The highest BCUT2D eigenvalue weighted by molar-refractivity contribution is 5.70. The van der Waals surface area contributed by atoms with Crippen molar-refractivity contribution in [2.75, 3.05) is 0 Å². The Kier molecular flexibility index (Phi) is 4.24. The highest BCUT2D eigenvalue weighted by atomic mass is 14.4. The molecule has 2 aliphatic rings. The lowest BCUT2D eigenvalue weighted by Gasteiger charge is -2.25. The Morgan fingerprint density at radius 2 is 1.62 bits per heavy atom. The van der Waals surface area contributed by atoms with Crippen molar-refractivity contribution in [1.82, 2.24) is 0 Å². The smallest absolute Gasteiger partial charge is 0.0273 e. The SMILES string of the molecule is CCCCC[C]1C=Cc2cc3c(cc21)CC(CC)(CC)C3. The summed E-state index contributed by atoms with van der Waals surface area (Å²) in [5.41, 5.74) is 6.81. The first kappa shape index (κ1) is 14.9. The molecule has 0 heteroatoms. The molecule has 0 aromatic heterocycles. The van der Waals surface area contributed by atoms with Crippen LogP contribution in [-0.4, -0.2) is 0 Å². The van der Waals surface area contributed by atoms with Gasteiger partial charge in [0, 0.05) is 5.92 Å². The van der Waals surface area contributed by atoms with Gasteiger partial charge in [-0.25, -0.2) is 0 Å². The van der Waals surface area contributed by atoms with E-state index in [1.165, 1.54) is 62.5 Å². The third kappa shape index (κ3) is 2.70. The lowest BCUT2D eigenvalue weighted by Crippen LogP contribution is -2.18. The minimum Gasteiger partial charge on any atom is -0.0721 e. The normalized spacial score (nSPS) is 19.0. The molecule has 0 fully saturated rings. The van der Waals surface area contributed by atoms with Crippen LogP contribution in [0.3, 0.4) is 0 Å². The molecule has 0 N–H and O–H groups in total. The molecule has 0 heterocycles. The van der Waals surface area contributed by atoms with E-state index in [2.05, 4.69) is 45.1 Å². The van der Waals surface area contributed by atoms with Crippen LogP contribution in [0.5, 0.6) is 0 Å². The van der Waals surface area contributed by atoms with E-state index >= 15 is 0 Å². The Labute approximate surface area is 130 Å². The van der Waals surface area contributed by atoms with Gasteiger partial charge in [-0.15, -0.1) is 0 Å². The van der Waals surface area contributed by atoms with Crippen LogP contribution in [-0.2, 0) is 12.8 Å². The second-order valence-electron chi connectivity index (χ2n) is 7.08. The molecule has 0 unspecified atom stereocenters. The average molecular weight is 281 g/mol. The van der Waals surface area contributed by atoms with Gasteiger partial charge in [-0.05, 0) is 59.8 Å². The lowest BCUT2D eigenvalue weighted by atomic mass is 9.80. The highest BCUT2D eigenvalue weighted by Gasteiger charge is 2.35. The van der Waals surface area contributed by atoms with Gasteiger partial charge < -0.3 is 0 Å². The van der Waals surface area contributed by atoms with Crippen LogP contribution in [0.2, 0.25) is 0 Å². The summed E-state index contributed by atoms with van der Waals surface area (Å²) in [5.74, 6) is 1.58. The van der Waals surface area contributed by atoms with Crippen molar-refractivity contribution in [2.45, 2.75) is 72.1 Å². The van der Waals surface area contributed by atoms with E-state index < -0.39 is 0 Å². The number of rotatable bonds is 6. The molecule has 0 saturated heterocycles. The number of fused-ring (bicyclic) bond motifs is 2. The molecule has 1 aromatic rings. The molecule has 1 radical (unpaired) electrons. The maximum absolute atomic E-state index is 2.53. The summed E-state index contributed by atoms with van der Waals surface area (Å²) in [6.07, 6.45) is 15.2. The van der Waals surface area contributed by atoms with Crippen LogP contribution in [0.15, 0.2) is 18.2 Å². The summed E-state index contributed by atoms with van der Waals surface area (Å²) in [4.78, 5) is 0. The molecule has 21 heavy (non-hydrogen) atoms. The molecule has 0 atom stereocenters. The molecule has 0 amide bonds. The molecule has 0 aliphatic heterocycles. The largest absolute Gasteiger partial charge is 0.0721 e. The number of hydrogen-bond acceptors (Lipinski definition) is 0. The quantitative estimate of drug-likeness (QED) is 0.551. The predicted octanol–water partition coefficient (Wildman–Crippen LogP) is 6.12. The molecule has 1 aromatic carbocycles. The summed E-state index contributed by atoms with van der Waals surface area (Å²) < 4.78 is 0. The molecule has 0 spiro atoms. The fraction of sp³-hybridized carbons (Fsp3) is 0.571. The molecule has 113 valence electrons. The molecule has 0 bridgehead atoms. The fourth-order valence-corrected chi connectivity index (χ4v) is 4.14. The van der Waals surface area contributed by atoms with Crippen LogP contribution >= 0.6 is 0 Å². The Bertz CT molecular complexity index is 531. The summed E-state index contributed by atoms with van der Waals surface area (Å²) in [7, 11) is 0. The van der Waals surface area contributed by atoms with Gasteiger partial charge in [0.15, 0.2) is 0 Å². The van der Waals surface area contributed by atoms with Gasteiger partial charge >= 0.3 is 0 Å². The van der Waals surface area contributed by atoms with Gasteiger partial charge in [0.25, 0.3) is 0 Å². The topological polar surface area (TPSA) is 0 Å². The van der Waals surface area contributed by atoms with E-state index in [0.717, 1.165) is 0 Å². The van der Waals surface area contributed by atoms with Crippen molar-refractivity contribution in [3.8, 4) is 0 Å². The van der Waals surface area contributed by atoms with E-state index in [9.17, 15) is 0 Å². The van der Waals surface area contributed by atoms with Crippen LogP contribution in [0.1, 0.15) is 81.5 Å². The van der Waals surface area contributed by atoms with Crippen LogP contribution in [0, 0.1) is 11.3 Å². The third-order valence-electron chi connectivity index (χ3n) is 5.86. The van der Waals surface area contributed by atoms with Crippen molar-refractivity contribution >= 4 is 6.08 Å². The monoisotopic (exact) mass is 281 g/mol. The first-order valence-electron chi connectivity index (χ1n) is 8.91. The molecular weight excluding hydrogens is 252 g/mol. The Balaban J connectivity index is 1.81. The molecule has 0 nitrogen and oxygen atoms in total. The van der Waals surface area contributed by atoms with Crippen LogP contribution in [0.4, 0.5) is 0 Å². The summed E-state index contributed by atoms with van der Waals surface area (Å²) in [5, 5.41) is 0. The Morgan fingerprint density at radius 3 is 2.29 bits per heavy atom. The zero-order valence-electron chi connectivity index (χ0n) is 14.0. The Hall–Kier alpha value is -1.04. The molecule has 2 aliphatic carbocycles. The Morgan fingerprint density at radius 1 is 0.905 bits per heavy atom. The lowest BCUT2D eigenvalue weighted by molar-refractivity contribution is 0.280. The van der Waals surface area contributed by atoms with Crippen molar-refractivity contribution in [3.05, 3.63) is 46.4 Å². The van der Waals surface area contributed by atoms with E-state index in [1.807, 2.05) is 0 Å². The van der Waals surface area contributed by atoms with Gasteiger partial charge in [0.2, 0.25) is 0 Å². The van der Waals surface area contributed by atoms with E-state index in [1.54, 1.807) is 17.0 Å². The zero-order chi connectivity index (χ0) is 14.9. The van der Waals surface area contributed by atoms with E-state index in [-0.39, 0.29) is 0 Å². The van der Waals surface area contributed by atoms with Crippen molar-refractivity contribution < 1.29 is 0 Å².